The van der Waals surface area contributed by atoms with Crippen LogP contribution in [0.15, 0.2) is 18.2 Å². The topological polar surface area (TPSA) is 50.7 Å². The molecule has 1 rings (SSSR count). The number of aliphatic hydroxyl groups excluding tert-OH is 1. The molecule has 114 valence electrons. The number of hydrogen-bond donors (Lipinski definition) is 2. The molecule has 0 radical (unpaired) electrons. The van der Waals surface area contributed by atoms with Crippen molar-refractivity contribution in [3.8, 4) is 5.75 Å². The third-order valence-electron chi connectivity index (χ3n) is 2.91. The molecule has 0 aliphatic rings. The third kappa shape index (κ3) is 7.10. The van der Waals surface area contributed by atoms with Crippen LogP contribution in [-0.2, 0) is 4.74 Å². The van der Waals surface area contributed by atoms with Crippen molar-refractivity contribution in [2.24, 2.45) is 0 Å². The summed E-state index contributed by atoms with van der Waals surface area (Å²) in [5, 5.41) is 13.1. The minimum absolute atomic E-state index is 0.274. The highest BCUT2D eigenvalue weighted by Crippen LogP contribution is 2.22. The summed E-state index contributed by atoms with van der Waals surface area (Å²) < 4.78 is 11.0. The zero-order chi connectivity index (χ0) is 14.8. The van der Waals surface area contributed by atoms with Crippen molar-refractivity contribution in [3.05, 3.63) is 28.8 Å². The van der Waals surface area contributed by atoms with Gasteiger partial charge in [0.1, 0.15) is 12.4 Å². The van der Waals surface area contributed by atoms with Crippen LogP contribution in [0.3, 0.4) is 0 Å². The normalized spacial score (nSPS) is 12.4. The number of hydrogen-bond acceptors (Lipinski definition) is 4. The summed E-state index contributed by atoms with van der Waals surface area (Å²) in [5.74, 6) is 0.797. The number of benzene rings is 1. The lowest BCUT2D eigenvalue weighted by Gasteiger charge is -2.11. The zero-order valence-corrected chi connectivity index (χ0v) is 12.9. The molecule has 5 heteroatoms. The molecule has 0 saturated heterocycles. The molecule has 0 fully saturated rings. The summed E-state index contributed by atoms with van der Waals surface area (Å²) in [5.41, 5.74) is 1.06. The van der Waals surface area contributed by atoms with Gasteiger partial charge in [-0.15, -0.1) is 0 Å². The van der Waals surface area contributed by atoms with Gasteiger partial charge in [0, 0.05) is 18.1 Å². The number of rotatable bonds is 10. The fourth-order valence-corrected chi connectivity index (χ4v) is 1.76. The molecule has 0 amide bonds. The van der Waals surface area contributed by atoms with Gasteiger partial charge in [-0.1, -0.05) is 24.6 Å². The fourth-order valence-electron chi connectivity index (χ4n) is 1.60. The summed E-state index contributed by atoms with van der Waals surface area (Å²) in [6.07, 6.45) is 0.491. The highest BCUT2D eigenvalue weighted by Gasteiger charge is 2.01. The van der Waals surface area contributed by atoms with Crippen LogP contribution in [0.5, 0.6) is 5.75 Å². The molecule has 0 aliphatic heterocycles. The first-order valence-corrected chi connectivity index (χ1v) is 7.36. The van der Waals surface area contributed by atoms with Gasteiger partial charge in [-0.2, -0.15) is 0 Å². The number of aliphatic hydroxyl groups is 1. The second-order valence-corrected chi connectivity index (χ2v) is 5.07. The van der Waals surface area contributed by atoms with Crippen molar-refractivity contribution in [1.29, 1.82) is 0 Å². The van der Waals surface area contributed by atoms with Gasteiger partial charge in [-0.3, -0.25) is 0 Å². The van der Waals surface area contributed by atoms with Gasteiger partial charge in [0.05, 0.1) is 19.3 Å². The number of halogens is 1. The maximum absolute atomic E-state index is 9.34. The van der Waals surface area contributed by atoms with E-state index in [0.29, 0.717) is 31.4 Å². The standard InChI is InChI=1S/C15H24ClNO3/c1-3-14(18)11-17-6-7-19-8-9-20-15-10-13(16)5-4-12(15)2/h4-5,10,14,17-18H,3,6-9,11H2,1-2H3. The highest BCUT2D eigenvalue weighted by atomic mass is 35.5. The van der Waals surface area contributed by atoms with Crippen molar-refractivity contribution in [2.75, 3.05) is 32.9 Å². The molecule has 1 aromatic rings. The molecular weight excluding hydrogens is 278 g/mol. The Hall–Kier alpha value is -0.810. The van der Waals surface area contributed by atoms with Crippen LogP contribution in [0, 0.1) is 6.92 Å². The lowest BCUT2D eigenvalue weighted by molar-refractivity contribution is 0.0978. The predicted octanol–water partition coefficient (Wildman–Crippen LogP) is 2.40. The second-order valence-electron chi connectivity index (χ2n) is 4.64. The van der Waals surface area contributed by atoms with Crippen molar-refractivity contribution in [3.63, 3.8) is 0 Å². The van der Waals surface area contributed by atoms with E-state index in [2.05, 4.69) is 5.32 Å². The smallest absolute Gasteiger partial charge is 0.123 e. The molecule has 0 spiro atoms. The molecule has 4 nitrogen and oxygen atoms in total. The largest absolute Gasteiger partial charge is 0.491 e. The van der Waals surface area contributed by atoms with Crippen LogP contribution in [0.1, 0.15) is 18.9 Å². The van der Waals surface area contributed by atoms with Crippen molar-refractivity contribution in [2.45, 2.75) is 26.4 Å². The maximum Gasteiger partial charge on any atom is 0.123 e. The molecule has 0 bridgehead atoms. The average molecular weight is 302 g/mol. The summed E-state index contributed by atoms with van der Waals surface area (Å²) in [6, 6.07) is 5.59. The number of aryl methyl sites for hydroxylation is 1. The Kier molecular flexibility index (Phi) is 8.62. The molecule has 0 aromatic heterocycles. The Morgan fingerprint density at radius 2 is 2.10 bits per heavy atom. The van der Waals surface area contributed by atoms with Crippen molar-refractivity contribution < 1.29 is 14.6 Å². The SMILES string of the molecule is CCC(O)CNCCOCCOc1cc(Cl)ccc1C. The van der Waals surface area contributed by atoms with Crippen LogP contribution in [-0.4, -0.2) is 44.1 Å². The lowest BCUT2D eigenvalue weighted by Crippen LogP contribution is -2.29. The van der Waals surface area contributed by atoms with Crippen LogP contribution in [0.4, 0.5) is 0 Å². The monoisotopic (exact) mass is 301 g/mol. The van der Waals surface area contributed by atoms with Crippen molar-refractivity contribution >= 4 is 11.6 Å². The van der Waals surface area contributed by atoms with Gasteiger partial charge in [0.2, 0.25) is 0 Å². The van der Waals surface area contributed by atoms with E-state index in [9.17, 15) is 5.11 Å². The molecule has 2 N–H and O–H groups in total. The molecule has 1 unspecified atom stereocenters. The first-order valence-electron chi connectivity index (χ1n) is 6.99. The zero-order valence-electron chi connectivity index (χ0n) is 12.2. The molecular formula is C15H24ClNO3. The van der Waals surface area contributed by atoms with Gasteiger partial charge in [0.25, 0.3) is 0 Å². The maximum atomic E-state index is 9.34. The van der Waals surface area contributed by atoms with Gasteiger partial charge in [-0.25, -0.2) is 0 Å². The number of nitrogens with one attached hydrogen (secondary N) is 1. The minimum Gasteiger partial charge on any atom is -0.491 e. The Labute approximate surface area is 126 Å². The quantitative estimate of drug-likeness (QED) is 0.652. The molecule has 0 aliphatic carbocycles. The molecule has 0 saturated carbocycles. The fraction of sp³-hybridized carbons (Fsp3) is 0.600. The Balaban J connectivity index is 2.03. The van der Waals surface area contributed by atoms with Crippen LogP contribution >= 0.6 is 11.6 Å². The van der Waals surface area contributed by atoms with Crippen LogP contribution < -0.4 is 10.1 Å². The summed E-state index contributed by atoms with van der Waals surface area (Å²) >= 11 is 5.91. The Bertz CT molecular complexity index is 387. The van der Waals surface area contributed by atoms with Gasteiger partial charge in [0.15, 0.2) is 0 Å². The number of ether oxygens (including phenoxy) is 2. The van der Waals surface area contributed by atoms with E-state index in [0.717, 1.165) is 24.3 Å². The molecule has 0 heterocycles. The molecule has 1 aromatic carbocycles. The first kappa shape index (κ1) is 17.2. The Morgan fingerprint density at radius 3 is 2.85 bits per heavy atom. The lowest BCUT2D eigenvalue weighted by atomic mass is 10.2. The second kappa shape index (κ2) is 10.00. The summed E-state index contributed by atoms with van der Waals surface area (Å²) in [6.45, 7) is 6.91. The predicted molar refractivity (Wildman–Crippen MR) is 81.7 cm³/mol. The molecule has 20 heavy (non-hydrogen) atoms. The van der Waals surface area contributed by atoms with E-state index in [1.54, 1.807) is 0 Å². The summed E-state index contributed by atoms with van der Waals surface area (Å²) in [4.78, 5) is 0. The van der Waals surface area contributed by atoms with E-state index < -0.39 is 0 Å². The first-order chi connectivity index (χ1) is 9.63. The van der Waals surface area contributed by atoms with E-state index in [4.69, 9.17) is 21.1 Å². The average Bonchev–Trinajstić information content (AvgIpc) is 2.44. The van der Waals surface area contributed by atoms with Gasteiger partial charge in [-0.05, 0) is 31.0 Å². The minimum atomic E-state index is -0.274. The van der Waals surface area contributed by atoms with E-state index in [1.165, 1.54) is 0 Å². The summed E-state index contributed by atoms with van der Waals surface area (Å²) in [7, 11) is 0. The van der Waals surface area contributed by atoms with E-state index in [-0.39, 0.29) is 6.10 Å². The van der Waals surface area contributed by atoms with E-state index >= 15 is 0 Å². The van der Waals surface area contributed by atoms with Crippen molar-refractivity contribution in [1.82, 2.24) is 5.32 Å². The molecule has 1 atom stereocenters. The Morgan fingerprint density at radius 1 is 1.30 bits per heavy atom. The van der Waals surface area contributed by atoms with Crippen LogP contribution in [0.25, 0.3) is 0 Å². The van der Waals surface area contributed by atoms with Crippen LogP contribution in [0.2, 0.25) is 5.02 Å². The van der Waals surface area contributed by atoms with E-state index in [1.807, 2.05) is 32.0 Å². The third-order valence-corrected chi connectivity index (χ3v) is 3.14. The van der Waals surface area contributed by atoms with Gasteiger partial charge < -0.3 is 19.9 Å². The van der Waals surface area contributed by atoms with Gasteiger partial charge >= 0.3 is 0 Å². The highest BCUT2D eigenvalue weighted by molar-refractivity contribution is 6.30.